The number of Topliss-reactive ketones (excluding diaryl/α,β-unsaturated/α-hetero) is 1. The van der Waals surface area contributed by atoms with Crippen LogP contribution in [0, 0.1) is 13.8 Å². The van der Waals surface area contributed by atoms with E-state index in [0.717, 1.165) is 24.2 Å². The molecule has 1 aliphatic rings. The summed E-state index contributed by atoms with van der Waals surface area (Å²) >= 11 is 0. The molecular weight excluding hydrogens is 382 g/mol. The molecule has 2 aromatic heterocycles. The zero-order chi connectivity index (χ0) is 21.3. The molecule has 156 valence electrons. The lowest BCUT2D eigenvalue weighted by molar-refractivity contribution is -0.142. The highest BCUT2D eigenvalue weighted by atomic mass is 16.5. The van der Waals surface area contributed by atoms with Crippen molar-refractivity contribution in [1.29, 1.82) is 0 Å². The summed E-state index contributed by atoms with van der Waals surface area (Å²) in [7, 11) is 0. The van der Waals surface area contributed by atoms with Gasteiger partial charge in [0.05, 0.1) is 10.9 Å². The predicted molar refractivity (Wildman–Crippen MR) is 113 cm³/mol. The Bertz CT molecular complexity index is 1170. The van der Waals surface area contributed by atoms with Crippen LogP contribution in [0.15, 0.2) is 35.1 Å². The number of aryl methyl sites for hydroxylation is 2. The molecule has 0 radical (unpaired) electrons. The molecule has 7 nitrogen and oxygen atoms in total. The lowest BCUT2D eigenvalue weighted by Crippen LogP contribution is -2.15. The van der Waals surface area contributed by atoms with Gasteiger partial charge in [0, 0.05) is 35.8 Å². The van der Waals surface area contributed by atoms with E-state index in [1.807, 2.05) is 26.0 Å². The number of aromatic amines is 1. The Kier molecular flexibility index (Phi) is 5.53. The highest BCUT2D eigenvalue weighted by Gasteiger charge is 2.28. The van der Waals surface area contributed by atoms with Crippen LogP contribution in [-0.2, 0) is 16.0 Å². The molecule has 0 amide bonds. The molecule has 4 rings (SSSR count). The molecule has 1 saturated carbocycles. The van der Waals surface area contributed by atoms with E-state index in [1.54, 1.807) is 18.2 Å². The molecule has 1 aromatic carbocycles. The zero-order valence-electron chi connectivity index (χ0n) is 17.2. The number of ketones is 1. The summed E-state index contributed by atoms with van der Waals surface area (Å²) in [6, 6.07) is 9.51. The van der Waals surface area contributed by atoms with E-state index in [2.05, 4.69) is 14.5 Å². The van der Waals surface area contributed by atoms with Crippen molar-refractivity contribution >= 4 is 22.7 Å². The minimum atomic E-state index is -0.428. The quantitative estimate of drug-likeness (QED) is 0.456. The molecule has 2 heterocycles. The minimum absolute atomic E-state index is 0.158. The van der Waals surface area contributed by atoms with E-state index in [0.29, 0.717) is 41.2 Å². The second-order valence-electron chi connectivity index (χ2n) is 7.85. The number of aromatic nitrogens is 3. The fourth-order valence-corrected chi connectivity index (χ4v) is 3.90. The number of fused-ring (bicyclic) bond motifs is 1. The Balaban J connectivity index is 1.28. The first-order chi connectivity index (χ1) is 14.4. The standard InChI is InChI=1S/C23H25N3O4/c1-14-12-18(15(2)26(14)16-10-11-16)20(27)13-30-22(28)9-5-8-21-24-19-7-4-3-6-17(19)23(29)25-21/h3-4,6-7,12,16H,5,8-11,13H2,1-2H3,(H,24,25,29). The summed E-state index contributed by atoms with van der Waals surface area (Å²) in [6.45, 7) is 3.69. The fraction of sp³-hybridized carbons (Fsp3) is 0.391. The first kappa shape index (κ1) is 20.1. The highest BCUT2D eigenvalue weighted by Crippen LogP contribution is 2.38. The molecule has 0 saturated heterocycles. The molecule has 0 spiro atoms. The third kappa shape index (κ3) is 4.20. The average Bonchev–Trinajstić information content (AvgIpc) is 3.50. The number of para-hydroxylation sites is 1. The summed E-state index contributed by atoms with van der Waals surface area (Å²) in [5.74, 6) is -0.0681. The van der Waals surface area contributed by atoms with Gasteiger partial charge in [0.15, 0.2) is 6.61 Å². The topological polar surface area (TPSA) is 94.1 Å². The largest absolute Gasteiger partial charge is 0.457 e. The van der Waals surface area contributed by atoms with E-state index in [-0.39, 0.29) is 24.4 Å². The molecule has 30 heavy (non-hydrogen) atoms. The summed E-state index contributed by atoms with van der Waals surface area (Å²) in [4.78, 5) is 43.8. The molecule has 7 heteroatoms. The summed E-state index contributed by atoms with van der Waals surface area (Å²) in [5, 5.41) is 0.542. The number of hydrogen-bond acceptors (Lipinski definition) is 5. The molecule has 0 unspecified atom stereocenters. The number of nitrogens with zero attached hydrogens (tertiary/aromatic N) is 2. The minimum Gasteiger partial charge on any atom is -0.457 e. The maximum Gasteiger partial charge on any atom is 0.306 e. The van der Waals surface area contributed by atoms with Crippen molar-refractivity contribution in [1.82, 2.24) is 14.5 Å². The normalized spacial score (nSPS) is 13.5. The predicted octanol–water partition coefficient (Wildman–Crippen LogP) is 3.43. The van der Waals surface area contributed by atoms with Gasteiger partial charge in [0.1, 0.15) is 5.82 Å². The summed E-state index contributed by atoms with van der Waals surface area (Å²) in [6.07, 6.45) is 3.38. The van der Waals surface area contributed by atoms with E-state index < -0.39 is 5.97 Å². The van der Waals surface area contributed by atoms with Crippen molar-refractivity contribution < 1.29 is 14.3 Å². The number of carbonyl (C=O) groups excluding carboxylic acids is 2. The lowest BCUT2D eigenvalue weighted by atomic mass is 10.1. The second-order valence-corrected chi connectivity index (χ2v) is 7.85. The van der Waals surface area contributed by atoms with Crippen molar-refractivity contribution in [3.63, 3.8) is 0 Å². The van der Waals surface area contributed by atoms with E-state index in [4.69, 9.17) is 4.74 Å². The van der Waals surface area contributed by atoms with Crippen molar-refractivity contribution in [2.24, 2.45) is 0 Å². The van der Waals surface area contributed by atoms with Crippen molar-refractivity contribution in [3.05, 3.63) is 63.5 Å². The number of hydrogen-bond donors (Lipinski definition) is 1. The maximum atomic E-state index is 12.5. The molecule has 1 N–H and O–H groups in total. The monoisotopic (exact) mass is 407 g/mol. The van der Waals surface area contributed by atoms with Gasteiger partial charge in [0.2, 0.25) is 5.78 Å². The number of H-pyrrole nitrogens is 1. The fourth-order valence-electron chi connectivity index (χ4n) is 3.90. The van der Waals surface area contributed by atoms with Gasteiger partial charge in [-0.2, -0.15) is 0 Å². The number of ether oxygens (including phenoxy) is 1. The van der Waals surface area contributed by atoms with Gasteiger partial charge in [-0.15, -0.1) is 0 Å². The van der Waals surface area contributed by atoms with Gasteiger partial charge in [0.25, 0.3) is 5.56 Å². The van der Waals surface area contributed by atoms with Crippen molar-refractivity contribution in [3.8, 4) is 0 Å². The Labute approximate surface area is 174 Å². The first-order valence-corrected chi connectivity index (χ1v) is 10.3. The van der Waals surface area contributed by atoms with Crippen LogP contribution in [0.5, 0.6) is 0 Å². The SMILES string of the molecule is Cc1cc(C(=O)COC(=O)CCCc2nc3ccccc3c(=O)[nH]2)c(C)n1C1CC1. The summed E-state index contributed by atoms with van der Waals surface area (Å²) < 4.78 is 7.38. The molecule has 1 fully saturated rings. The van der Waals surface area contributed by atoms with Gasteiger partial charge in [-0.3, -0.25) is 14.4 Å². The van der Waals surface area contributed by atoms with Gasteiger partial charge >= 0.3 is 5.97 Å². The lowest BCUT2D eigenvalue weighted by Gasteiger charge is -2.08. The van der Waals surface area contributed by atoms with Crippen LogP contribution in [0.2, 0.25) is 0 Å². The zero-order valence-corrected chi connectivity index (χ0v) is 17.2. The van der Waals surface area contributed by atoms with Crippen LogP contribution >= 0.6 is 0 Å². The maximum absolute atomic E-state index is 12.5. The van der Waals surface area contributed by atoms with Gasteiger partial charge in [-0.05, 0) is 51.3 Å². The van der Waals surface area contributed by atoms with Crippen molar-refractivity contribution in [2.45, 2.75) is 52.0 Å². The van der Waals surface area contributed by atoms with E-state index in [9.17, 15) is 14.4 Å². The smallest absolute Gasteiger partial charge is 0.306 e. The molecule has 0 atom stereocenters. The van der Waals surface area contributed by atoms with Crippen LogP contribution in [0.3, 0.4) is 0 Å². The highest BCUT2D eigenvalue weighted by molar-refractivity contribution is 5.99. The third-order valence-corrected chi connectivity index (χ3v) is 5.52. The molecular formula is C23H25N3O4. The Morgan fingerprint density at radius 3 is 2.77 bits per heavy atom. The first-order valence-electron chi connectivity index (χ1n) is 10.3. The van der Waals surface area contributed by atoms with Crippen LogP contribution in [0.1, 0.15) is 59.3 Å². The number of benzene rings is 1. The van der Waals surface area contributed by atoms with Crippen LogP contribution < -0.4 is 5.56 Å². The third-order valence-electron chi connectivity index (χ3n) is 5.52. The number of rotatable bonds is 8. The van der Waals surface area contributed by atoms with Gasteiger partial charge in [-0.1, -0.05) is 12.1 Å². The number of nitrogens with one attached hydrogen (secondary N) is 1. The molecule has 1 aliphatic carbocycles. The Hall–Kier alpha value is -3.22. The number of esters is 1. The van der Waals surface area contributed by atoms with Crippen LogP contribution in [-0.4, -0.2) is 32.9 Å². The van der Waals surface area contributed by atoms with Crippen molar-refractivity contribution in [2.75, 3.05) is 6.61 Å². The van der Waals surface area contributed by atoms with Gasteiger partial charge in [-0.25, -0.2) is 4.98 Å². The molecule has 0 aliphatic heterocycles. The van der Waals surface area contributed by atoms with E-state index in [1.165, 1.54) is 0 Å². The van der Waals surface area contributed by atoms with Crippen LogP contribution in [0.4, 0.5) is 0 Å². The molecule has 3 aromatic rings. The van der Waals surface area contributed by atoms with Gasteiger partial charge < -0.3 is 14.3 Å². The summed E-state index contributed by atoms with van der Waals surface area (Å²) in [5.41, 5.74) is 3.09. The Morgan fingerprint density at radius 1 is 1.23 bits per heavy atom. The Morgan fingerprint density at radius 2 is 2.00 bits per heavy atom. The second kappa shape index (κ2) is 8.26. The molecule has 0 bridgehead atoms. The number of carbonyl (C=O) groups is 2. The average molecular weight is 407 g/mol. The van der Waals surface area contributed by atoms with Crippen LogP contribution in [0.25, 0.3) is 10.9 Å². The van der Waals surface area contributed by atoms with E-state index >= 15 is 0 Å².